The maximum Gasteiger partial charge on any atom is 0.134 e. The normalized spacial score (nSPS) is 13.3. The van der Waals surface area contributed by atoms with Crippen molar-refractivity contribution in [2.75, 3.05) is 6.54 Å². The fourth-order valence-electron chi connectivity index (χ4n) is 1.65. The predicted octanol–water partition coefficient (Wildman–Crippen LogP) is 2.12. The molecule has 0 aliphatic carbocycles. The topological polar surface area (TPSA) is 59.4 Å². The van der Waals surface area contributed by atoms with Gasteiger partial charge in [0.05, 0.1) is 0 Å². The number of nitrogens with two attached hydrogens (primary N) is 1. The van der Waals surface area contributed by atoms with Gasteiger partial charge in [0, 0.05) is 5.39 Å². The molecule has 1 atom stereocenters. The van der Waals surface area contributed by atoms with Crippen molar-refractivity contribution in [3.05, 3.63) is 35.6 Å². The van der Waals surface area contributed by atoms with Crippen LogP contribution in [-0.2, 0) is 0 Å². The first-order chi connectivity index (χ1) is 7.20. The molecule has 2 aromatic rings. The molecule has 0 amide bonds. The lowest BCUT2D eigenvalue weighted by Gasteiger charge is -2.03. The number of aliphatic hydroxyl groups is 1. The van der Waals surface area contributed by atoms with Crippen molar-refractivity contribution in [2.45, 2.75) is 19.4 Å². The number of furan rings is 1. The van der Waals surface area contributed by atoms with Crippen LogP contribution in [0.4, 0.5) is 0 Å². The summed E-state index contributed by atoms with van der Waals surface area (Å²) in [7, 11) is 0. The Balaban J connectivity index is 2.38. The molecule has 0 aliphatic heterocycles. The predicted molar refractivity (Wildman–Crippen MR) is 59.6 cm³/mol. The average Bonchev–Trinajstić information content (AvgIpc) is 2.60. The van der Waals surface area contributed by atoms with Crippen molar-refractivity contribution in [3.63, 3.8) is 0 Å². The third-order valence-corrected chi connectivity index (χ3v) is 2.46. The molecule has 1 aromatic heterocycles. The van der Waals surface area contributed by atoms with Gasteiger partial charge in [-0.15, -0.1) is 0 Å². The number of aryl methyl sites for hydroxylation is 1. The molecule has 0 saturated carbocycles. The lowest BCUT2D eigenvalue weighted by atomic mass is 10.1. The summed E-state index contributed by atoms with van der Waals surface area (Å²) in [4.78, 5) is 0. The number of benzene rings is 1. The van der Waals surface area contributed by atoms with Crippen molar-refractivity contribution in [3.8, 4) is 0 Å². The van der Waals surface area contributed by atoms with Gasteiger partial charge < -0.3 is 15.3 Å². The lowest BCUT2D eigenvalue weighted by Crippen LogP contribution is -2.05. The second-order valence-corrected chi connectivity index (χ2v) is 3.78. The monoisotopic (exact) mass is 205 g/mol. The fourth-order valence-corrected chi connectivity index (χ4v) is 1.65. The summed E-state index contributed by atoms with van der Waals surface area (Å²) >= 11 is 0. The van der Waals surface area contributed by atoms with Crippen LogP contribution in [0.5, 0.6) is 0 Å². The van der Waals surface area contributed by atoms with Crippen LogP contribution in [-0.4, -0.2) is 11.7 Å². The molecule has 1 aromatic carbocycles. The minimum Gasteiger partial charge on any atom is -0.458 e. The minimum absolute atomic E-state index is 0.456. The van der Waals surface area contributed by atoms with Gasteiger partial charge in [-0.2, -0.15) is 0 Å². The summed E-state index contributed by atoms with van der Waals surface area (Å²) < 4.78 is 5.53. The molecule has 0 radical (unpaired) electrons. The Bertz CT molecular complexity index is 462. The molecule has 0 spiro atoms. The van der Waals surface area contributed by atoms with E-state index in [2.05, 4.69) is 0 Å². The van der Waals surface area contributed by atoms with E-state index in [1.165, 1.54) is 5.56 Å². The van der Waals surface area contributed by atoms with Crippen LogP contribution in [0.2, 0.25) is 0 Å². The molecule has 0 bridgehead atoms. The van der Waals surface area contributed by atoms with Gasteiger partial charge in [-0.05, 0) is 38.1 Å². The number of aliphatic hydroxyl groups excluding tert-OH is 1. The van der Waals surface area contributed by atoms with E-state index >= 15 is 0 Å². The van der Waals surface area contributed by atoms with Crippen molar-refractivity contribution in [1.29, 1.82) is 0 Å². The van der Waals surface area contributed by atoms with E-state index in [-0.39, 0.29) is 0 Å². The highest BCUT2D eigenvalue weighted by molar-refractivity contribution is 5.78. The largest absolute Gasteiger partial charge is 0.458 e. The first-order valence-corrected chi connectivity index (χ1v) is 5.09. The summed E-state index contributed by atoms with van der Waals surface area (Å²) in [6.07, 6.45) is -0.0681. The Morgan fingerprint density at radius 2 is 2.20 bits per heavy atom. The van der Waals surface area contributed by atoms with Gasteiger partial charge in [-0.1, -0.05) is 11.6 Å². The molecule has 80 valence electrons. The summed E-state index contributed by atoms with van der Waals surface area (Å²) in [5, 5.41) is 10.7. The van der Waals surface area contributed by atoms with Crippen molar-refractivity contribution < 1.29 is 9.52 Å². The van der Waals surface area contributed by atoms with Gasteiger partial charge in [0.15, 0.2) is 0 Å². The maximum atomic E-state index is 9.72. The molecule has 1 unspecified atom stereocenters. The Hall–Kier alpha value is -1.32. The standard InChI is InChI=1S/C12H15NO2/c1-8-2-3-11-9(6-8)7-12(15-11)10(14)4-5-13/h2-3,6-7,10,14H,4-5,13H2,1H3. The van der Waals surface area contributed by atoms with Crippen LogP contribution in [0.3, 0.4) is 0 Å². The molecule has 15 heavy (non-hydrogen) atoms. The third-order valence-electron chi connectivity index (χ3n) is 2.46. The maximum absolute atomic E-state index is 9.72. The smallest absolute Gasteiger partial charge is 0.134 e. The van der Waals surface area contributed by atoms with E-state index in [1.807, 2.05) is 31.2 Å². The average molecular weight is 205 g/mol. The zero-order valence-electron chi connectivity index (χ0n) is 8.73. The quantitative estimate of drug-likeness (QED) is 0.806. The summed E-state index contributed by atoms with van der Waals surface area (Å²) in [6.45, 7) is 2.49. The third kappa shape index (κ3) is 2.03. The van der Waals surface area contributed by atoms with Gasteiger partial charge >= 0.3 is 0 Å². The van der Waals surface area contributed by atoms with Crippen LogP contribution >= 0.6 is 0 Å². The first kappa shape index (κ1) is 10.2. The Labute approximate surface area is 88.5 Å². The van der Waals surface area contributed by atoms with E-state index in [4.69, 9.17) is 10.2 Å². The molecule has 1 heterocycles. The molecular formula is C12H15NO2. The van der Waals surface area contributed by atoms with E-state index in [9.17, 15) is 5.11 Å². The summed E-state index contributed by atoms with van der Waals surface area (Å²) in [5.74, 6) is 0.598. The van der Waals surface area contributed by atoms with Crippen LogP contribution in [0, 0.1) is 6.92 Å². The molecule has 0 aliphatic rings. The molecule has 3 heteroatoms. The van der Waals surface area contributed by atoms with Crippen LogP contribution in [0.25, 0.3) is 11.0 Å². The van der Waals surface area contributed by atoms with Crippen LogP contribution in [0.1, 0.15) is 23.8 Å². The van der Waals surface area contributed by atoms with Gasteiger partial charge in [0.1, 0.15) is 17.4 Å². The lowest BCUT2D eigenvalue weighted by molar-refractivity contribution is 0.145. The fraction of sp³-hybridized carbons (Fsp3) is 0.333. The minimum atomic E-state index is -0.595. The summed E-state index contributed by atoms with van der Waals surface area (Å²) in [5.41, 5.74) is 7.38. The second kappa shape index (κ2) is 4.04. The number of hydrogen-bond donors (Lipinski definition) is 2. The highest BCUT2D eigenvalue weighted by Gasteiger charge is 2.12. The van der Waals surface area contributed by atoms with E-state index in [1.54, 1.807) is 0 Å². The van der Waals surface area contributed by atoms with Gasteiger partial charge in [-0.25, -0.2) is 0 Å². The zero-order valence-corrected chi connectivity index (χ0v) is 8.73. The highest BCUT2D eigenvalue weighted by atomic mass is 16.4. The van der Waals surface area contributed by atoms with E-state index in [0.29, 0.717) is 18.7 Å². The van der Waals surface area contributed by atoms with E-state index in [0.717, 1.165) is 11.0 Å². The molecule has 0 fully saturated rings. The van der Waals surface area contributed by atoms with Gasteiger partial charge in [-0.3, -0.25) is 0 Å². The second-order valence-electron chi connectivity index (χ2n) is 3.78. The highest BCUT2D eigenvalue weighted by Crippen LogP contribution is 2.25. The first-order valence-electron chi connectivity index (χ1n) is 5.09. The summed E-state index contributed by atoms with van der Waals surface area (Å²) in [6, 6.07) is 7.83. The van der Waals surface area contributed by atoms with Crippen molar-refractivity contribution in [1.82, 2.24) is 0 Å². The molecule has 3 nitrogen and oxygen atoms in total. The molecule has 3 N–H and O–H groups in total. The molecule has 2 rings (SSSR count). The van der Waals surface area contributed by atoms with E-state index < -0.39 is 6.10 Å². The number of hydrogen-bond acceptors (Lipinski definition) is 3. The van der Waals surface area contributed by atoms with Crippen LogP contribution < -0.4 is 5.73 Å². The Kier molecular flexibility index (Phi) is 2.75. The van der Waals surface area contributed by atoms with Crippen LogP contribution in [0.15, 0.2) is 28.7 Å². The SMILES string of the molecule is Cc1ccc2oc(C(O)CCN)cc2c1. The Morgan fingerprint density at radius 1 is 1.40 bits per heavy atom. The Morgan fingerprint density at radius 3 is 2.93 bits per heavy atom. The van der Waals surface area contributed by atoms with Crippen molar-refractivity contribution >= 4 is 11.0 Å². The zero-order chi connectivity index (χ0) is 10.8. The number of fused-ring (bicyclic) bond motifs is 1. The molecule has 0 saturated heterocycles. The van der Waals surface area contributed by atoms with Crippen molar-refractivity contribution in [2.24, 2.45) is 5.73 Å². The van der Waals surface area contributed by atoms with Gasteiger partial charge in [0.2, 0.25) is 0 Å². The van der Waals surface area contributed by atoms with Gasteiger partial charge in [0.25, 0.3) is 0 Å². The molecular weight excluding hydrogens is 190 g/mol. The number of rotatable bonds is 3.